The number of nitrogens with zero attached hydrogens (tertiary/aromatic N) is 3. The number of ether oxygens (including phenoxy) is 1. The first-order valence-electron chi connectivity index (χ1n) is 5.57. The highest BCUT2D eigenvalue weighted by molar-refractivity contribution is 7.89. The van der Waals surface area contributed by atoms with Gasteiger partial charge >= 0.3 is 0 Å². The van der Waals surface area contributed by atoms with E-state index >= 15 is 0 Å². The normalized spacial score (nSPS) is 18.3. The van der Waals surface area contributed by atoms with Gasteiger partial charge in [0.1, 0.15) is 0 Å². The van der Waals surface area contributed by atoms with E-state index in [1.807, 2.05) is 6.92 Å². The highest BCUT2D eigenvalue weighted by Crippen LogP contribution is 2.24. The van der Waals surface area contributed by atoms with Crippen LogP contribution in [0.4, 0.5) is 0 Å². The summed E-state index contributed by atoms with van der Waals surface area (Å²) in [6.07, 6.45) is 1.59. The van der Waals surface area contributed by atoms with Crippen molar-refractivity contribution in [2.45, 2.75) is 25.0 Å². The fraction of sp³-hybridized carbons (Fsp3) is 0.700. The predicted octanol–water partition coefficient (Wildman–Crippen LogP) is 0.138. The number of aryl methyl sites for hydroxylation is 2. The summed E-state index contributed by atoms with van der Waals surface area (Å²) in [5.41, 5.74) is 0.673. The van der Waals surface area contributed by atoms with Crippen LogP contribution in [-0.4, -0.2) is 48.3 Å². The molecule has 17 heavy (non-hydrogen) atoms. The monoisotopic (exact) mass is 259 g/mol. The second kappa shape index (κ2) is 4.40. The molecule has 1 aliphatic heterocycles. The second-order valence-electron chi connectivity index (χ2n) is 4.16. The van der Waals surface area contributed by atoms with E-state index in [9.17, 15) is 8.42 Å². The van der Waals surface area contributed by atoms with Crippen LogP contribution in [0.1, 0.15) is 12.5 Å². The SMILES string of the molecule is CCOC1CN(S(=O)(=O)c2c(C)cnn2C)C1. The van der Waals surface area contributed by atoms with Gasteiger partial charge in [-0.3, -0.25) is 4.68 Å². The zero-order valence-corrected chi connectivity index (χ0v) is 11.1. The molecular formula is C10H17N3O3S. The van der Waals surface area contributed by atoms with Gasteiger partial charge in [0.2, 0.25) is 0 Å². The van der Waals surface area contributed by atoms with Gasteiger partial charge in [-0.15, -0.1) is 0 Å². The van der Waals surface area contributed by atoms with Crippen molar-refractivity contribution >= 4 is 10.0 Å². The number of hydrogen-bond acceptors (Lipinski definition) is 4. The van der Waals surface area contributed by atoms with Gasteiger partial charge in [-0.25, -0.2) is 8.42 Å². The van der Waals surface area contributed by atoms with E-state index in [-0.39, 0.29) is 11.1 Å². The lowest BCUT2D eigenvalue weighted by atomic mass is 10.2. The molecule has 0 saturated carbocycles. The minimum absolute atomic E-state index is 0.0308. The first kappa shape index (κ1) is 12.5. The quantitative estimate of drug-likeness (QED) is 0.771. The molecule has 0 amide bonds. The molecule has 7 heteroatoms. The zero-order valence-electron chi connectivity index (χ0n) is 10.3. The summed E-state index contributed by atoms with van der Waals surface area (Å²) < 4.78 is 32.7. The van der Waals surface area contributed by atoms with Crippen molar-refractivity contribution in [1.82, 2.24) is 14.1 Å². The molecule has 0 radical (unpaired) electrons. The van der Waals surface area contributed by atoms with E-state index < -0.39 is 10.0 Å². The first-order chi connectivity index (χ1) is 7.96. The van der Waals surface area contributed by atoms with Gasteiger partial charge in [0, 0.05) is 32.3 Å². The lowest BCUT2D eigenvalue weighted by Crippen LogP contribution is -2.54. The van der Waals surface area contributed by atoms with Crippen molar-refractivity contribution < 1.29 is 13.2 Å². The molecule has 2 rings (SSSR count). The van der Waals surface area contributed by atoms with Crippen LogP contribution in [0.15, 0.2) is 11.2 Å². The summed E-state index contributed by atoms with van der Waals surface area (Å²) in [6, 6.07) is 0. The lowest BCUT2D eigenvalue weighted by Gasteiger charge is -2.37. The van der Waals surface area contributed by atoms with Crippen LogP contribution in [0.25, 0.3) is 0 Å². The molecule has 6 nitrogen and oxygen atoms in total. The Morgan fingerprint density at radius 2 is 2.18 bits per heavy atom. The number of sulfonamides is 1. The lowest BCUT2D eigenvalue weighted by molar-refractivity contribution is -0.0137. The molecule has 0 unspecified atom stereocenters. The fourth-order valence-electron chi connectivity index (χ4n) is 1.97. The summed E-state index contributed by atoms with van der Waals surface area (Å²) in [5, 5.41) is 4.23. The molecule has 0 aliphatic carbocycles. The second-order valence-corrected chi connectivity index (χ2v) is 6.01. The third-order valence-corrected chi connectivity index (χ3v) is 4.91. The van der Waals surface area contributed by atoms with E-state index in [0.717, 1.165) is 0 Å². The van der Waals surface area contributed by atoms with Crippen LogP contribution in [0, 0.1) is 6.92 Å². The van der Waals surface area contributed by atoms with E-state index in [1.54, 1.807) is 20.2 Å². The number of rotatable bonds is 4. The van der Waals surface area contributed by atoms with Crippen LogP contribution in [0.5, 0.6) is 0 Å². The van der Waals surface area contributed by atoms with Gasteiger partial charge < -0.3 is 4.74 Å². The minimum atomic E-state index is -3.42. The standard InChI is InChI=1S/C10H17N3O3S/c1-4-16-9-6-13(7-9)17(14,15)10-8(2)5-11-12(10)3/h5,9H,4,6-7H2,1-3H3. The molecule has 1 fully saturated rings. The largest absolute Gasteiger partial charge is 0.376 e. The van der Waals surface area contributed by atoms with Gasteiger partial charge in [-0.2, -0.15) is 9.40 Å². The van der Waals surface area contributed by atoms with E-state index in [0.29, 0.717) is 25.3 Å². The Bertz CT molecular complexity index is 483. The van der Waals surface area contributed by atoms with Gasteiger partial charge in [-0.05, 0) is 13.8 Å². The van der Waals surface area contributed by atoms with Crippen LogP contribution < -0.4 is 0 Å². The maximum atomic E-state index is 12.3. The van der Waals surface area contributed by atoms with Crippen LogP contribution >= 0.6 is 0 Å². The molecule has 2 heterocycles. The average Bonchev–Trinajstić information content (AvgIpc) is 2.51. The van der Waals surface area contributed by atoms with Gasteiger partial charge in [0.05, 0.1) is 12.3 Å². The van der Waals surface area contributed by atoms with Crippen molar-refractivity contribution in [2.75, 3.05) is 19.7 Å². The van der Waals surface area contributed by atoms with Crippen molar-refractivity contribution in [3.63, 3.8) is 0 Å². The highest BCUT2D eigenvalue weighted by atomic mass is 32.2. The molecular weight excluding hydrogens is 242 g/mol. The molecule has 0 bridgehead atoms. The topological polar surface area (TPSA) is 64.4 Å². The van der Waals surface area contributed by atoms with Gasteiger partial charge in [0.15, 0.2) is 5.03 Å². The molecule has 1 aromatic rings. The Hall–Kier alpha value is -0.920. The van der Waals surface area contributed by atoms with E-state index in [2.05, 4.69) is 5.10 Å². The third kappa shape index (κ3) is 2.10. The fourth-order valence-corrected chi connectivity index (χ4v) is 3.78. The van der Waals surface area contributed by atoms with Crippen molar-refractivity contribution in [3.05, 3.63) is 11.8 Å². The Morgan fingerprint density at radius 3 is 2.65 bits per heavy atom. The predicted molar refractivity (Wildman–Crippen MR) is 62.1 cm³/mol. The maximum absolute atomic E-state index is 12.3. The summed E-state index contributed by atoms with van der Waals surface area (Å²) in [5.74, 6) is 0. The Labute approximate surface area is 101 Å². The average molecular weight is 259 g/mol. The molecule has 96 valence electrons. The molecule has 1 saturated heterocycles. The molecule has 0 N–H and O–H groups in total. The van der Waals surface area contributed by atoms with Gasteiger partial charge in [0.25, 0.3) is 10.0 Å². The smallest absolute Gasteiger partial charge is 0.260 e. The summed E-state index contributed by atoms with van der Waals surface area (Å²) in [6.45, 7) is 5.13. The number of aromatic nitrogens is 2. The van der Waals surface area contributed by atoms with Crippen molar-refractivity contribution in [2.24, 2.45) is 7.05 Å². The molecule has 1 aliphatic rings. The summed E-state index contributed by atoms with van der Waals surface area (Å²) >= 11 is 0. The number of hydrogen-bond donors (Lipinski definition) is 0. The van der Waals surface area contributed by atoms with Crippen LogP contribution in [0.3, 0.4) is 0 Å². The molecule has 1 aromatic heterocycles. The first-order valence-corrected chi connectivity index (χ1v) is 7.01. The summed E-state index contributed by atoms with van der Waals surface area (Å²) in [7, 11) is -1.78. The highest BCUT2D eigenvalue weighted by Gasteiger charge is 2.39. The van der Waals surface area contributed by atoms with Crippen LogP contribution in [-0.2, 0) is 21.8 Å². The Balaban J connectivity index is 2.17. The molecule has 0 atom stereocenters. The van der Waals surface area contributed by atoms with Crippen LogP contribution in [0.2, 0.25) is 0 Å². The minimum Gasteiger partial charge on any atom is -0.376 e. The third-order valence-electron chi connectivity index (χ3n) is 2.86. The summed E-state index contributed by atoms with van der Waals surface area (Å²) in [4.78, 5) is 0. The molecule has 0 spiro atoms. The Morgan fingerprint density at radius 1 is 1.53 bits per heavy atom. The maximum Gasteiger partial charge on any atom is 0.260 e. The van der Waals surface area contributed by atoms with Crippen molar-refractivity contribution in [3.8, 4) is 0 Å². The molecule has 0 aromatic carbocycles. The zero-order chi connectivity index (χ0) is 12.6. The van der Waals surface area contributed by atoms with Gasteiger partial charge in [-0.1, -0.05) is 0 Å². The van der Waals surface area contributed by atoms with E-state index in [4.69, 9.17) is 4.74 Å². The van der Waals surface area contributed by atoms with E-state index in [1.165, 1.54) is 8.99 Å². The van der Waals surface area contributed by atoms with Crippen molar-refractivity contribution in [1.29, 1.82) is 0 Å². The Kier molecular flexibility index (Phi) is 3.24.